The van der Waals surface area contributed by atoms with Gasteiger partial charge < -0.3 is 9.73 Å². The number of hydrogen-bond donors (Lipinski definition) is 1. The van der Waals surface area contributed by atoms with Crippen LogP contribution in [0.15, 0.2) is 71.1 Å². The number of furan rings is 1. The quantitative estimate of drug-likeness (QED) is 0.251. The van der Waals surface area contributed by atoms with Gasteiger partial charge in [-0.1, -0.05) is 56.3 Å². The molecule has 1 unspecified atom stereocenters. The molecule has 5 rings (SSSR count). The van der Waals surface area contributed by atoms with E-state index >= 15 is 0 Å². The van der Waals surface area contributed by atoms with E-state index in [4.69, 9.17) is 9.40 Å². The second kappa shape index (κ2) is 10.0. The zero-order valence-electron chi connectivity index (χ0n) is 21.3. The zero-order chi connectivity index (χ0) is 26.1. The van der Waals surface area contributed by atoms with Crippen LogP contribution in [0.3, 0.4) is 0 Å². The Morgan fingerprint density at radius 1 is 1.11 bits per heavy atom. The van der Waals surface area contributed by atoms with Crippen LogP contribution in [0.2, 0.25) is 0 Å². The molecule has 0 aliphatic heterocycles. The van der Waals surface area contributed by atoms with E-state index in [9.17, 15) is 10.1 Å². The number of nitrogens with one attached hydrogen (secondary N) is 1. The number of pyridine rings is 1. The number of rotatable bonds is 6. The Bertz CT molecular complexity index is 1650. The van der Waals surface area contributed by atoms with E-state index in [1.165, 1.54) is 16.9 Å². The highest BCUT2D eigenvalue weighted by Crippen LogP contribution is 2.40. The standard InChI is InChI=1S/C31H27N3O2S/c1-5-18(2)21-11-13-22(14-12-21)29-20(4)37-31(25(29)17-32)34-30(35)24-16-27(28-15-10-19(3)36-28)33-26-9-7-6-8-23(24)26/h6-16,18H,5H2,1-4H3,(H,34,35). The maximum Gasteiger partial charge on any atom is 0.257 e. The number of nitriles is 1. The van der Waals surface area contributed by atoms with Gasteiger partial charge in [0.1, 0.15) is 22.5 Å². The summed E-state index contributed by atoms with van der Waals surface area (Å²) in [5, 5.41) is 14.4. The van der Waals surface area contributed by atoms with Crippen LogP contribution in [-0.2, 0) is 0 Å². The van der Waals surface area contributed by atoms with E-state index in [-0.39, 0.29) is 5.91 Å². The van der Waals surface area contributed by atoms with Gasteiger partial charge in [-0.3, -0.25) is 4.79 Å². The molecule has 0 radical (unpaired) electrons. The number of anilines is 1. The van der Waals surface area contributed by atoms with Crippen LogP contribution in [-0.4, -0.2) is 10.9 Å². The van der Waals surface area contributed by atoms with Gasteiger partial charge in [-0.05, 0) is 61.6 Å². The molecule has 0 bridgehead atoms. The summed E-state index contributed by atoms with van der Waals surface area (Å²) in [6.45, 7) is 8.24. The third kappa shape index (κ3) is 4.66. The van der Waals surface area contributed by atoms with E-state index in [1.807, 2.05) is 50.2 Å². The minimum absolute atomic E-state index is 0.292. The Balaban J connectivity index is 1.53. The van der Waals surface area contributed by atoms with Crippen molar-refractivity contribution in [2.45, 2.75) is 40.0 Å². The van der Waals surface area contributed by atoms with E-state index < -0.39 is 0 Å². The van der Waals surface area contributed by atoms with E-state index in [0.29, 0.717) is 39.0 Å². The van der Waals surface area contributed by atoms with Gasteiger partial charge in [0, 0.05) is 15.8 Å². The molecule has 0 saturated carbocycles. The molecule has 1 N–H and O–H groups in total. The summed E-state index contributed by atoms with van der Waals surface area (Å²) in [7, 11) is 0. The molecule has 37 heavy (non-hydrogen) atoms. The lowest BCUT2D eigenvalue weighted by Crippen LogP contribution is -2.13. The summed E-state index contributed by atoms with van der Waals surface area (Å²) in [5.74, 6) is 1.56. The molecule has 0 saturated heterocycles. The third-order valence-corrected chi connectivity index (χ3v) is 7.78. The number of fused-ring (bicyclic) bond motifs is 1. The number of amides is 1. The zero-order valence-corrected chi connectivity index (χ0v) is 22.1. The van der Waals surface area contributed by atoms with Crippen LogP contribution in [0.4, 0.5) is 5.00 Å². The van der Waals surface area contributed by atoms with Gasteiger partial charge in [-0.15, -0.1) is 11.3 Å². The maximum absolute atomic E-state index is 13.6. The van der Waals surface area contributed by atoms with Crippen LogP contribution in [0.25, 0.3) is 33.5 Å². The second-order valence-electron chi connectivity index (χ2n) is 9.22. The summed E-state index contributed by atoms with van der Waals surface area (Å²) in [5.41, 5.74) is 5.35. The van der Waals surface area contributed by atoms with Crippen molar-refractivity contribution < 1.29 is 9.21 Å². The van der Waals surface area contributed by atoms with Gasteiger partial charge in [-0.25, -0.2) is 4.98 Å². The van der Waals surface area contributed by atoms with Crippen LogP contribution >= 0.6 is 11.3 Å². The lowest BCUT2D eigenvalue weighted by molar-refractivity contribution is 0.102. The number of nitrogens with zero attached hydrogens (tertiary/aromatic N) is 2. The molecule has 5 nitrogen and oxygen atoms in total. The van der Waals surface area contributed by atoms with Crippen molar-refractivity contribution in [3.05, 3.63) is 94.1 Å². The van der Waals surface area contributed by atoms with Crippen molar-refractivity contribution in [1.29, 1.82) is 5.26 Å². The van der Waals surface area contributed by atoms with E-state index in [2.05, 4.69) is 49.5 Å². The fourth-order valence-electron chi connectivity index (χ4n) is 4.53. The molecule has 2 aromatic carbocycles. The van der Waals surface area contributed by atoms with Crippen LogP contribution in [0.1, 0.15) is 58.3 Å². The molecule has 1 amide bonds. The van der Waals surface area contributed by atoms with Gasteiger partial charge in [0.25, 0.3) is 5.91 Å². The van der Waals surface area contributed by atoms with E-state index in [0.717, 1.165) is 33.6 Å². The van der Waals surface area contributed by atoms with Crippen LogP contribution in [0, 0.1) is 25.2 Å². The van der Waals surface area contributed by atoms with Gasteiger partial charge in [0.05, 0.1) is 16.6 Å². The van der Waals surface area contributed by atoms with Crippen molar-refractivity contribution in [3.8, 4) is 28.7 Å². The summed E-state index contributed by atoms with van der Waals surface area (Å²) in [6, 6.07) is 23.7. The SMILES string of the molecule is CCC(C)c1ccc(-c2c(C)sc(NC(=O)c3cc(-c4ccc(C)o4)nc4ccccc34)c2C#N)cc1. The summed E-state index contributed by atoms with van der Waals surface area (Å²) in [6.07, 6.45) is 1.07. The highest BCUT2D eigenvalue weighted by atomic mass is 32.1. The topological polar surface area (TPSA) is 78.9 Å². The minimum atomic E-state index is -0.292. The molecule has 3 aromatic heterocycles. The molecule has 0 spiro atoms. The van der Waals surface area contributed by atoms with Crippen molar-refractivity contribution in [3.63, 3.8) is 0 Å². The fourth-order valence-corrected chi connectivity index (χ4v) is 5.55. The van der Waals surface area contributed by atoms with Crippen LogP contribution in [0.5, 0.6) is 0 Å². The Hall–Kier alpha value is -4.21. The number of hydrogen-bond acceptors (Lipinski definition) is 5. The average Bonchev–Trinajstić information content (AvgIpc) is 3.49. The predicted molar refractivity (Wildman–Crippen MR) is 150 cm³/mol. The number of carbonyl (C=O) groups excluding carboxylic acids is 1. The molecular weight excluding hydrogens is 478 g/mol. The van der Waals surface area contributed by atoms with Crippen molar-refractivity contribution in [2.75, 3.05) is 5.32 Å². The second-order valence-corrected chi connectivity index (χ2v) is 10.4. The fraction of sp³-hybridized carbons (Fsp3) is 0.194. The molecule has 0 aliphatic carbocycles. The van der Waals surface area contributed by atoms with Gasteiger partial charge in [-0.2, -0.15) is 5.26 Å². The van der Waals surface area contributed by atoms with Gasteiger partial charge in [0.15, 0.2) is 5.76 Å². The van der Waals surface area contributed by atoms with Crippen molar-refractivity contribution >= 4 is 33.1 Å². The molecule has 184 valence electrons. The first kappa shape index (κ1) is 24.5. The number of thiophene rings is 1. The Labute approximate surface area is 220 Å². The lowest BCUT2D eigenvalue weighted by atomic mass is 9.95. The number of aromatic nitrogens is 1. The van der Waals surface area contributed by atoms with E-state index in [1.54, 1.807) is 6.07 Å². The maximum atomic E-state index is 13.6. The first-order chi connectivity index (χ1) is 17.9. The number of aryl methyl sites for hydroxylation is 2. The highest BCUT2D eigenvalue weighted by Gasteiger charge is 2.22. The van der Waals surface area contributed by atoms with Gasteiger partial charge in [0.2, 0.25) is 0 Å². The summed E-state index contributed by atoms with van der Waals surface area (Å²) < 4.78 is 5.77. The normalized spacial score (nSPS) is 11.9. The molecule has 3 heterocycles. The molecule has 5 aromatic rings. The summed E-state index contributed by atoms with van der Waals surface area (Å²) >= 11 is 1.42. The monoisotopic (exact) mass is 505 g/mol. The average molecular weight is 506 g/mol. The first-order valence-electron chi connectivity index (χ1n) is 12.3. The molecule has 1 atom stereocenters. The Morgan fingerprint density at radius 3 is 2.54 bits per heavy atom. The van der Waals surface area contributed by atoms with Crippen molar-refractivity contribution in [1.82, 2.24) is 4.98 Å². The molecular formula is C31H27N3O2S. The Morgan fingerprint density at radius 2 is 1.86 bits per heavy atom. The number of benzene rings is 2. The largest absolute Gasteiger partial charge is 0.460 e. The van der Waals surface area contributed by atoms with Crippen molar-refractivity contribution in [2.24, 2.45) is 0 Å². The summed E-state index contributed by atoms with van der Waals surface area (Å²) in [4.78, 5) is 19.3. The van der Waals surface area contributed by atoms with Crippen LogP contribution < -0.4 is 5.32 Å². The number of carbonyl (C=O) groups is 1. The van der Waals surface area contributed by atoms with Gasteiger partial charge >= 0.3 is 0 Å². The smallest absolute Gasteiger partial charge is 0.257 e. The lowest BCUT2D eigenvalue weighted by Gasteiger charge is -2.10. The molecule has 0 fully saturated rings. The Kier molecular flexibility index (Phi) is 6.64. The third-order valence-electron chi connectivity index (χ3n) is 6.76. The molecule has 6 heteroatoms. The highest BCUT2D eigenvalue weighted by molar-refractivity contribution is 7.17. The minimum Gasteiger partial charge on any atom is -0.460 e. The number of para-hydroxylation sites is 1. The predicted octanol–water partition coefficient (Wildman–Crippen LogP) is 8.48. The first-order valence-corrected chi connectivity index (χ1v) is 13.1. The molecule has 0 aliphatic rings.